The Kier molecular flexibility index (Phi) is 3.89. The molecule has 0 bridgehead atoms. The lowest BCUT2D eigenvalue weighted by atomic mass is 10.2. The first-order valence-corrected chi connectivity index (χ1v) is 5.86. The molecule has 2 rings (SSSR count). The summed E-state index contributed by atoms with van der Waals surface area (Å²) in [5.41, 5.74) is 1.65. The van der Waals surface area contributed by atoms with Gasteiger partial charge in [0.25, 0.3) is 0 Å². The third-order valence-electron chi connectivity index (χ3n) is 2.44. The van der Waals surface area contributed by atoms with Gasteiger partial charge in [0.2, 0.25) is 0 Å². The number of halogens is 1. The highest BCUT2D eigenvalue weighted by atomic mass is 35.5. The van der Waals surface area contributed by atoms with E-state index in [-0.39, 0.29) is 6.03 Å². The van der Waals surface area contributed by atoms with Crippen LogP contribution in [0.25, 0.3) is 0 Å². The van der Waals surface area contributed by atoms with Crippen LogP contribution in [0.2, 0.25) is 5.02 Å². The van der Waals surface area contributed by atoms with Crippen molar-refractivity contribution in [1.29, 1.82) is 0 Å². The molecule has 0 saturated heterocycles. The third-order valence-corrected chi connectivity index (χ3v) is 2.68. The van der Waals surface area contributed by atoms with E-state index in [1.807, 2.05) is 6.92 Å². The lowest BCUT2D eigenvalue weighted by Gasteiger charge is -2.09. The number of rotatable bonds is 3. The number of carbonyl (C=O) groups excluding carboxylic acids is 1. The van der Waals surface area contributed by atoms with Crippen molar-refractivity contribution < 1.29 is 9.21 Å². The number of anilines is 1. The summed E-state index contributed by atoms with van der Waals surface area (Å²) >= 11 is 5.84. The van der Waals surface area contributed by atoms with E-state index in [0.717, 1.165) is 11.3 Å². The molecule has 0 saturated carbocycles. The Hall–Kier alpha value is -1.94. The molecule has 2 amide bonds. The minimum atomic E-state index is -0.281. The van der Waals surface area contributed by atoms with E-state index in [4.69, 9.17) is 16.0 Å². The van der Waals surface area contributed by atoms with Gasteiger partial charge in [-0.05, 0) is 42.8 Å². The second kappa shape index (κ2) is 5.60. The Bertz CT molecular complexity index is 538. The average molecular weight is 265 g/mol. The molecular weight excluding hydrogens is 252 g/mol. The van der Waals surface area contributed by atoms with Crippen molar-refractivity contribution in [1.82, 2.24) is 5.32 Å². The number of hydrogen-bond acceptors (Lipinski definition) is 2. The van der Waals surface area contributed by atoms with E-state index in [2.05, 4.69) is 10.6 Å². The second-order valence-corrected chi connectivity index (χ2v) is 4.28. The molecule has 94 valence electrons. The number of urea groups is 1. The normalized spacial score (nSPS) is 10.1. The molecule has 1 aromatic carbocycles. The quantitative estimate of drug-likeness (QED) is 0.891. The Balaban J connectivity index is 1.91. The zero-order valence-corrected chi connectivity index (χ0v) is 10.6. The SMILES string of the molecule is Cc1cc(Cl)ccc1NC(=O)NCc1ccco1. The molecular formula is C13H13ClN2O2. The zero-order chi connectivity index (χ0) is 13.0. The standard InChI is InChI=1S/C13H13ClN2O2/c1-9-7-10(14)4-5-12(9)16-13(17)15-8-11-3-2-6-18-11/h2-7H,8H2,1H3,(H2,15,16,17). The maximum atomic E-state index is 11.6. The lowest BCUT2D eigenvalue weighted by molar-refractivity contribution is 0.251. The highest BCUT2D eigenvalue weighted by Crippen LogP contribution is 2.19. The first kappa shape index (κ1) is 12.5. The lowest BCUT2D eigenvalue weighted by Crippen LogP contribution is -2.28. The largest absolute Gasteiger partial charge is 0.467 e. The molecule has 0 unspecified atom stereocenters. The van der Waals surface area contributed by atoms with Gasteiger partial charge in [-0.15, -0.1) is 0 Å². The molecule has 0 aliphatic carbocycles. The van der Waals surface area contributed by atoms with E-state index in [9.17, 15) is 4.79 Å². The van der Waals surface area contributed by atoms with Crippen LogP contribution in [0.3, 0.4) is 0 Å². The number of hydrogen-bond donors (Lipinski definition) is 2. The summed E-state index contributed by atoms with van der Waals surface area (Å²) in [6, 6.07) is 8.59. The van der Waals surface area contributed by atoms with Gasteiger partial charge in [0, 0.05) is 10.7 Å². The van der Waals surface area contributed by atoms with Crippen LogP contribution in [0.15, 0.2) is 41.0 Å². The van der Waals surface area contributed by atoms with Gasteiger partial charge in [-0.25, -0.2) is 4.79 Å². The van der Waals surface area contributed by atoms with E-state index in [1.54, 1.807) is 36.6 Å². The van der Waals surface area contributed by atoms with Crippen LogP contribution in [0.4, 0.5) is 10.5 Å². The first-order valence-electron chi connectivity index (χ1n) is 5.48. The molecule has 1 heterocycles. The molecule has 5 heteroatoms. The van der Waals surface area contributed by atoms with E-state index >= 15 is 0 Å². The predicted molar refractivity (Wildman–Crippen MR) is 70.8 cm³/mol. The number of aryl methyl sites for hydroxylation is 1. The van der Waals surface area contributed by atoms with Gasteiger partial charge >= 0.3 is 6.03 Å². The van der Waals surface area contributed by atoms with Crippen molar-refractivity contribution in [3.05, 3.63) is 52.9 Å². The molecule has 0 aliphatic heterocycles. The van der Waals surface area contributed by atoms with Gasteiger partial charge < -0.3 is 15.1 Å². The summed E-state index contributed by atoms with van der Waals surface area (Å²) in [4.78, 5) is 11.6. The fraction of sp³-hybridized carbons (Fsp3) is 0.154. The van der Waals surface area contributed by atoms with Gasteiger partial charge in [0.15, 0.2) is 0 Å². The van der Waals surface area contributed by atoms with Crippen LogP contribution in [0.1, 0.15) is 11.3 Å². The molecule has 0 fully saturated rings. The minimum Gasteiger partial charge on any atom is -0.467 e. The first-order chi connectivity index (χ1) is 8.65. The summed E-state index contributed by atoms with van der Waals surface area (Å²) in [5.74, 6) is 0.706. The molecule has 0 aliphatic rings. The van der Waals surface area contributed by atoms with Crippen molar-refractivity contribution in [3.8, 4) is 0 Å². The molecule has 2 N–H and O–H groups in total. The van der Waals surface area contributed by atoms with Crippen LogP contribution in [0, 0.1) is 6.92 Å². The molecule has 4 nitrogen and oxygen atoms in total. The Labute approximate surface area is 110 Å². The highest BCUT2D eigenvalue weighted by Gasteiger charge is 2.05. The van der Waals surface area contributed by atoms with E-state index in [1.165, 1.54) is 0 Å². The minimum absolute atomic E-state index is 0.281. The smallest absolute Gasteiger partial charge is 0.319 e. The maximum absolute atomic E-state index is 11.6. The Morgan fingerprint density at radius 1 is 1.39 bits per heavy atom. The summed E-state index contributed by atoms with van der Waals surface area (Å²) < 4.78 is 5.11. The number of furan rings is 1. The molecule has 2 aromatic rings. The van der Waals surface area contributed by atoms with Crippen molar-refractivity contribution in [2.45, 2.75) is 13.5 Å². The van der Waals surface area contributed by atoms with Crippen molar-refractivity contribution in [2.75, 3.05) is 5.32 Å². The number of carbonyl (C=O) groups is 1. The van der Waals surface area contributed by atoms with Gasteiger partial charge in [-0.2, -0.15) is 0 Å². The molecule has 18 heavy (non-hydrogen) atoms. The number of nitrogens with one attached hydrogen (secondary N) is 2. The molecule has 0 radical (unpaired) electrons. The van der Waals surface area contributed by atoms with Crippen molar-refractivity contribution >= 4 is 23.3 Å². The van der Waals surface area contributed by atoms with Gasteiger partial charge in [0.05, 0.1) is 12.8 Å². The predicted octanol–water partition coefficient (Wildman–Crippen LogP) is 3.56. The second-order valence-electron chi connectivity index (χ2n) is 3.85. The average Bonchev–Trinajstić information content (AvgIpc) is 2.83. The van der Waals surface area contributed by atoms with Crippen molar-refractivity contribution in [3.63, 3.8) is 0 Å². The van der Waals surface area contributed by atoms with Gasteiger partial charge in [-0.3, -0.25) is 0 Å². The van der Waals surface area contributed by atoms with Crippen LogP contribution in [0.5, 0.6) is 0 Å². The summed E-state index contributed by atoms with van der Waals surface area (Å²) in [6.07, 6.45) is 1.57. The van der Waals surface area contributed by atoms with Crippen LogP contribution < -0.4 is 10.6 Å². The Morgan fingerprint density at radius 2 is 2.22 bits per heavy atom. The fourth-order valence-corrected chi connectivity index (χ4v) is 1.74. The highest BCUT2D eigenvalue weighted by molar-refractivity contribution is 6.30. The summed E-state index contributed by atoms with van der Waals surface area (Å²) in [7, 11) is 0. The third kappa shape index (κ3) is 3.28. The van der Waals surface area contributed by atoms with Crippen LogP contribution in [-0.2, 0) is 6.54 Å². The van der Waals surface area contributed by atoms with E-state index in [0.29, 0.717) is 17.3 Å². The topological polar surface area (TPSA) is 54.3 Å². The molecule has 0 spiro atoms. The van der Waals surface area contributed by atoms with E-state index < -0.39 is 0 Å². The van der Waals surface area contributed by atoms with Crippen LogP contribution in [-0.4, -0.2) is 6.03 Å². The van der Waals surface area contributed by atoms with Crippen LogP contribution >= 0.6 is 11.6 Å². The molecule has 1 aromatic heterocycles. The van der Waals surface area contributed by atoms with Crippen molar-refractivity contribution in [2.24, 2.45) is 0 Å². The number of amides is 2. The maximum Gasteiger partial charge on any atom is 0.319 e. The monoisotopic (exact) mass is 264 g/mol. The van der Waals surface area contributed by atoms with Gasteiger partial charge in [-0.1, -0.05) is 11.6 Å². The number of benzene rings is 1. The fourth-order valence-electron chi connectivity index (χ4n) is 1.51. The zero-order valence-electron chi connectivity index (χ0n) is 9.87. The Morgan fingerprint density at radius 3 is 2.89 bits per heavy atom. The summed E-state index contributed by atoms with van der Waals surface area (Å²) in [5, 5.41) is 6.10. The van der Waals surface area contributed by atoms with Gasteiger partial charge in [0.1, 0.15) is 5.76 Å². The summed E-state index contributed by atoms with van der Waals surface area (Å²) in [6.45, 7) is 2.24. The molecule has 0 atom stereocenters.